The molecule has 21 heavy (non-hydrogen) atoms. The van der Waals surface area contributed by atoms with Gasteiger partial charge in [-0.15, -0.1) is 0 Å². The highest BCUT2D eigenvalue weighted by Gasteiger charge is 2.12. The fourth-order valence-electron chi connectivity index (χ4n) is 2.18. The van der Waals surface area contributed by atoms with Gasteiger partial charge in [-0.3, -0.25) is 11.3 Å². The van der Waals surface area contributed by atoms with Gasteiger partial charge in [0.25, 0.3) is 0 Å². The van der Waals surface area contributed by atoms with E-state index in [1.54, 1.807) is 6.07 Å². The van der Waals surface area contributed by atoms with Crippen LogP contribution in [0.1, 0.15) is 17.2 Å². The maximum absolute atomic E-state index is 13.5. The van der Waals surface area contributed by atoms with Crippen LogP contribution in [0, 0.1) is 5.82 Å². The minimum absolute atomic E-state index is 0.0817. The highest BCUT2D eigenvalue weighted by Crippen LogP contribution is 2.23. The maximum Gasteiger partial charge on any atom is 0.142 e. The van der Waals surface area contributed by atoms with E-state index in [0.717, 1.165) is 16.8 Å². The highest BCUT2D eigenvalue weighted by molar-refractivity contribution is 6.30. The zero-order chi connectivity index (χ0) is 15.4. The van der Waals surface area contributed by atoms with Crippen LogP contribution in [0.2, 0.25) is 5.02 Å². The lowest BCUT2D eigenvalue weighted by molar-refractivity contribution is 0.548. The summed E-state index contributed by atoms with van der Waals surface area (Å²) in [7, 11) is 3.98. The van der Waals surface area contributed by atoms with Crippen molar-refractivity contribution >= 4 is 17.3 Å². The molecule has 3 N–H and O–H groups in total. The molecule has 0 heterocycles. The second kappa shape index (κ2) is 6.89. The Bertz CT molecular complexity index is 599. The third-order valence-electron chi connectivity index (χ3n) is 3.44. The van der Waals surface area contributed by atoms with Crippen LogP contribution < -0.4 is 16.2 Å². The highest BCUT2D eigenvalue weighted by atomic mass is 35.5. The molecule has 112 valence electrons. The van der Waals surface area contributed by atoms with E-state index in [9.17, 15) is 4.39 Å². The summed E-state index contributed by atoms with van der Waals surface area (Å²) >= 11 is 5.70. The Kier molecular flexibility index (Phi) is 5.17. The van der Waals surface area contributed by atoms with E-state index >= 15 is 0 Å². The average molecular weight is 308 g/mol. The summed E-state index contributed by atoms with van der Waals surface area (Å²) in [5, 5.41) is 0.131. The van der Waals surface area contributed by atoms with Crippen molar-refractivity contribution in [2.75, 3.05) is 19.0 Å². The number of hydrogen-bond donors (Lipinski definition) is 2. The Morgan fingerprint density at radius 3 is 2.38 bits per heavy atom. The Hall–Kier alpha value is -1.62. The largest absolute Gasteiger partial charge is 0.378 e. The number of nitrogens with zero attached hydrogens (tertiary/aromatic N) is 1. The van der Waals surface area contributed by atoms with E-state index in [4.69, 9.17) is 17.4 Å². The van der Waals surface area contributed by atoms with Crippen molar-refractivity contribution in [2.45, 2.75) is 12.5 Å². The molecule has 0 saturated carbocycles. The van der Waals surface area contributed by atoms with Gasteiger partial charge < -0.3 is 4.90 Å². The van der Waals surface area contributed by atoms with E-state index < -0.39 is 5.82 Å². The maximum atomic E-state index is 13.5. The van der Waals surface area contributed by atoms with Gasteiger partial charge in [-0.1, -0.05) is 29.8 Å². The zero-order valence-electron chi connectivity index (χ0n) is 12.1. The van der Waals surface area contributed by atoms with E-state index in [1.165, 1.54) is 6.07 Å². The van der Waals surface area contributed by atoms with Gasteiger partial charge in [0.2, 0.25) is 0 Å². The molecule has 5 heteroatoms. The summed E-state index contributed by atoms with van der Waals surface area (Å²) < 4.78 is 13.5. The smallest absolute Gasteiger partial charge is 0.142 e. The predicted octanol–water partition coefficient (Wildman–Crippen LogP) is 3.29. The lowest BCUT2D eigenvalue weighted by Crippen LogP contribution is -2.29. The van der Waals surface area contributed by atoms with E-state index in [0.29, 0.717) is 6.42 Å². The average Bonchev–Trinajstić information content (AvgIpc) is 2.48. The van der Waals surface area contributed by atoms with Gasteiger partial charge in [-0.2, -0.15) is 0 Å². The first kappa shape index (κ1) is 15.8. The fourth-order valence-corrected chi connectivity index (χ4v) is 2.30. The number of halogens is 2. The van der Waals surface area contributed by atoms with E-state index in [2.05, 4.69) is 5.43 Å². The van der Waals surface area contributed by atoms with Gasteiger partial charge in [0.1, 0.15) is 5.82 Å². The summed E-state index contributed by atoms with van der Waals surface area (Å²) in [4.78, 5) is 2.03. The quantitative estimate of drug-likeness (QED) is 0.658. The minimum atomic E-state index is -0.409. The van der Waals surface area contributed by atoms with Crippen molar-refractivity contribution in [1.29, 1.82) is 0 Å². The number of hydrazine groups is 1. The van der Waals surface area contributed by atoms with Crippen molar-refractivity contribution in [3.05, 3.63) is 64.4 Å². The van der Waals surface area contributed by atoms with Crippen LogP contribution in [0.25, 0.3) is 0 Å². The van der Waals surface area contributed by atoms with Gasteiger partial charge in [-0.25, -0.2) is 4.39 Å². The first-order valence-corrected chi connectivity index (χ1v) is 7.06. The molecular formula is C16H19ClFN3. The van der Waals surface area contributed by atoms with Crippen LogP contribution >= 0.6 is 11.6 Å². The SMILES string of the molecule is CN(C)c1ccc(C(Cc2ccc(Cl)c(F)c2)NN)cc1. The number of benzene rings is 2. The molecule has 0 fully saturated rings. The van der Waals surface area contributed by atoms with Gasteiger partial charge in [0.05, 0.1) is 5.02 Å². The van der Waals surface area contributed by atoms with E-state index in [-0.39, 0.29) is 11.1 Å². The van der Waals surface area contributed by atoms with Crippen LogP contribution in [0.15, 0.2) is 42.5 Å². The first-order chi connectivity index (χ1) is 10.0. The molecule has 0 radical (unpaired) electrons. The molecule has 0 saturated heterocycles. The summed E-state index contributed by atoms with van der Waals surface area (Å²) in [5.41, 5.74) is 5.80. The molecule has 0 bridgehead atoms. The Balaban J connectivity index is 2.17. The van der Waals surface area contributed by atoms with Crippen LogP contribution in [-0.4, -0.2) is 14.1 Å². The van der Waals surface area contributed by atoms with Crippen molar-refractivity contribution < 1.29 is 4.39 Å². The van der Waals surface area contributed by atoms with Crippen molar-refractivity contribution in [1.82, 2.24) is 5.43 Å². The Morgan fingerprint density at radius 1 is 1.19 bits per heavy atom. The number of nitrogens with two attached hydrogens (primary N) is 1. The van der Waals surface area contributed by atoms with Gasteiger partial charge >= 0.3 is 0 Å². The van der Waals surface area contributed by atoms with Crippen LogP contribution in [0.4, 0.5) is 10.1 Å². The normalized spacial score (nSPS) is 12.2. The number of anilines is 1. The molecule has 2 aromatic rings. The van der Waals surface area contributed by atoms with Crippen molar-refractivity contribution in [3.63, 3.8) is 0 Å². The number of nitrogens with one attached hydrogen (secondary N) is 1. The topological polar surface area (TPSA) is 41.3 Å². The molecule has 1 unspecified atom stereocenters. The van der Waals surface area contributed by atoms with Crippen molar-refractivity contribution in [2.24, 2.45) is 5.84 Å². The zero-order valence-corrected chi connectivity index (χ0v) is 12.9. The molecule has 0 aromatic heterocycles. The summed E-state index contributed by atoms with van der Waals surface area (Å²) in [6.45, 7) is 0. The summed E-state index contributed by atoms with van der Waals surface area (Å²) in [5.74, 6) is 5.23. The number of hydrogen-bond acceptors (Lipinski definition) is 3. The molecule has 3 nitrogen and oxygen atoms in total. The van der Waals surface area contributed by atoms with E-state index in [1.807, 2.05) is 49.3 Å². The Morgan fingerprint density at radius 2 is 1.86 bits per heavy atom. The second-order valence-corrected chi connectivity index (χ2v) is 5.56. The Labute approximate surface area is 129 Å². The number of rotatable bonds is 5. The fraction of sp³-hybridized carbons (Fsp3) is 0.250. The van der Waals surface area contributed by atoms with Crippen LogP contribution in [0.3, 0.4) is 0 Å². The summed E-state index contributed by atoms with van der Waals surface area (Å²) in [6, 6.07) is 12.8. The lowest BCUT2D eigenvalue weighted by atomic mass is 9.99. The minimum Gasteiger partial charge on any atom is -0.378 e. The molecule has 2 rings (SSSR count). The van der Waals surface area contributed by atoms with Crippen molar-refractivity contribution in [3.8, 4) is 0 Å². The molecule has 0 spiro atoms. The summed E-state index contributed by atoms with van der Waals surface area (Å²) in [6.07, 6.45) is 0.589. The third-order valence-corrected chi connectivity index (χ3v) is 3.74. The molecule has 0 aliphatic rings. The molecule has 2 aromatic carbocycles. The molecule has 0 amide bonds. The molecule has 0 aliphatic carbocycles. The van der Waals surface area contributed by atoms with Gasteiger partial charge in [-0.05, 0) is 41.8 Å². The first-order valence-electron chi connectivity index (χ1n) is 6.68. The lowest BCUT2D eigenvalue weighted by Gasteiger charge is -2.18. The predicted molar refractivity (Wildman–Crippen MR) is 85.9 cm³/mol. The molecule has 0 aliphatic heterocycles. The van der Waals surface area contributed by atoms with Gasteiger partial charge in [0.15, 0.2) is 0 Å². The van der Waals surface area contributed by atoms with Gasteiger partial charge in [0, 0.05) is 25.8 Å². The standard InChI is InChI=1S/C16H19ClFN3/c1-21(2)13-6-4-12(5-7-13)16(20-19)10-11-3-8-14(17)15(18)9-11/h3-9,16,20H,10,19H2,1-2H3. The second-order valence-electron chi connectivity index (χ2n) is 5.16. The monoisotopic (exact) mass is 307 g/mol. The third kappa shape index (κ3) is 3.94. The molecule has 1 atom stereocenters. The molecular weight excluding hydrogens is 289 g/mol. The van der Waals surface area contributed by atoms with Crippen LogP contribution in [-0.2, 0) is 6.42 Å². The van der Waals surface area contributed by atoms with Crippen LogP contribution in [0.5, 0.6) is 0 Å².